The van der Waals surface area contributed by atoms with Crippen LogP contribution in [0.1, 0.15) is 37.9 Å². The molecule has 4 rings (SSSR count). The minimum Gasteiger partial charge on any atom is -0.338 e. The highest BCUT2D eigenvalue weighted by molar-refractivity contribution is 5.79. The van der Waals surface area contributed by atoms with Gasteiger partial charge < -0.3 is 9.42 Å². The van der Waals surface area contributed by atoms with Crippen molar-refractivity contribution < 1.29 is 13.7 Å². The molecule has 0 aliphatic carbocycles. The molecule has 0 saturated heterocycles. The minimum atomic E-state index is -0.361. The Bertz CT molecular complexity index is 1040. The summed E-state index contributed by atoms with van der Waals surface area (Å²) in [5.41, 5.74) is 3.13. The molecule has 0 N–H and O–H groups in total. The van der Waals surface area contributed by atoms with E-state index in [1.54, 1.807) is 12.1 Å². The second-order valence-electron chi connectivity index (χ2n) is 7.35. The summed E-state index contributed by atoms with van der Waals surface area (Å²) in [6.45, 7) is 5.25. The first-order valence-electron chi connectivity index (χ1n) is 9.95. The number of hydrogen-bond donors (Lipinski definition) is 0. The molecule has 1 aliphatic rings. The summed E-state index contributed by atoms with van der Waals surface area (Å²) in [5.74, 6) is 0.443. The maximum absolute atomic E-state index is 13.5. The molecule has 3 aromatic rings. The number of carbonyl (C=O) groups excluding carboxylic acids is 1. The Balaban J connectivity index is 1.65. The summed E-state index contributed by atoms with van der Waals surface area (Å²) in [6, 6.07) is 6.05. The lowest BCUT2D eigenvalue weighted by atomic mass is 9.98. The Morgan fingerprint density at radius 2 is 2.10 bits per heavy atom. The molecule has 0 spiro atoms. The Hall–Kier alpha value is -3.03. The van der Waals surface area contributed by atoms with Crippen LogP contribution in [0.15, 0.2) is 28.8 Å². The fraction of sp³-hybridized carbons (Fsp3) is 0.429. The maximum Gasteiger partial charge on any atom is 0.279 e. The van der Waals surface area contributed by atoms with E-state index < -0.39 is 0 Å². The van der Waals surface area contributed by atoms with Gasteiger partial charge in [0.1, 0.15) is 5.82 Å². The van der Waals surface area contributed by atoms with E-state index in [0.29, 0.717) is 30.2 Å². The van der Waals surface area contributed by atoms with Gasteiger partial charge in [-0.15, -0.1) is 0 Å². The lowest BCUT2D eigenvalue weighted by Gasteiger charge is -2.30. The number of aromatic nitrogens is 4. The van der Waals surface area contributed by atoms with Crippen LogP contribution in [0.5, 0.6) is 0 Å². The molecule has 8 heteroatoms. The highest BCUT2D eigenvalue weighted by Crippen LogP contribution is 2.31. The number of aryl methyl sites for hydroxylation is 1. The normalized spacial score (nSPS) is 13.8. The molecule has 29 heavy (non-hydrogen) atoms. The van der Waals surface area contributed by atoms with E-state index in [9.17, 15) is 9.18 Å². The van der Waals surface area contributed by atoms with Gasteiger partial charge in [-0.05, 0) is 25.0 Å². The molecule has 1 aliphatic heterocycles. The van der Waals surface area contributed by atoms with E-state index in [4.69, 9.17) is 4.52 Å². The van der Waals surface area contributed by atoms with Gasteiger partial charge >= 0.3 is 0 Å². The summed E-state index contributed by atoms with van der Waals surface area (Å²) >= 11 is 0. The first-order chi connectivity index (χ1) is 14.0. The van der Waals surface area contributed by atoms with Crippen LogP contribution in [-0.4, -0.2) is 37.3 Å². The van der Waals surface area contributed by atoms with E-state index >= 15 is 0 Å². The van der Waals surface area contributed by atoms with Gasteiger partial charge in [0.05, 0.1) is 0 Å². The molecule has 7 nitrogen and oxygen atoms in total. The van der Waals surface area contributed by atoms with Crippen molar-refractivity contribution in [3.63, 3.8) is 0 Å². The SMILES string of the molecule is CCC(CC)C(=O)N1CCc2c(c(-c3nc(-c4cccc(F)c4)no3)nn2C)C1. The third kappa shape index (κ3) is 3.54. The van der Waals surface area contributed by atoms with Crippen LogP contribution < -0.4 is 0 Å². The van der Waals surface area contributed by atoms with Crippen LogP contribution in [0, 0.1) is 11.7 Å². The Morgan fingerprint density at radius 3 is 2.83 bits per heavy atom. The quantitative estimate of drug-likeness (QED) is 0.657. The smallest absolute Gasteiger partial charge is 0.279 e. The Kier molecular flexibility index (Phi) is 5.17. The van der Waals surface area contributed by atoms with E-state index in [2.05, 4.69) is 15.2 Å². The van der Waals surface area contributed by atoms with Crippen molar-refractivity contribution in [2.75, 3.05) is 6.54 Å². The van der Waals surface area contributed by atoms with Crippen LogP contribution in [0.4, 0.5) is 4.39 Å². The van der Waals surface area contributed by atoms with Crippen molar-refractivity contribution in [3.05, 3.63) is 41.3 Å². The van der Waals surface area contributed by atoms with Crippen molar-refractivity contribution in [2.24, 2.45) is 13.0 Å². The van der Waals surface area contributed by atoms with Gasteiger partial charge in [0.2, 0.25) is 11.7 Å². The van der Waals surface area contributed by atoms with Gasteiger partial charge in [0.15, 0.2) is 5.69 Å². The van der Waals surface area contributed by atoms with Gasteiger partial charge in [-0.3, -0.25) is 9.48 Å². The van der Waals surface area contributed by atoms with Gasteiger partial charge in [0, 0.05) is 49.3 Å². The average molecular weight is 397 g/mol. The first kappa shape index (κ1) is 19.3. The van der Waals surface area contributed by atoms with E-state index in [-0.39, 0.29) is 23.5 Å². The second-order valence-corrected chi connectivity index (χ2v) is 7.35. The zero-order valence-corrected chi connectivity index (χ0v) is 16.9. The second kappa shape index (κ2) is 7.77. The average Bonchev–Trinajstić information content (AvgIpc) is 3.33. The van der Waals surface area contributed by atoms with E-state index in [1.807, 2.05) is 30.5 Å². The van der Waals surface area contributed by atoms with Gasteiger partial charge in [-0.1, -0.05) is 31.1 Å². The predicted octanol–water partition coefficient (Wildman–Crippen LogP) is 3.60. The monoisotopic (exact) mass is 397 g/mol. The molecule has 0 atom stereocenters. The Morgan fingerprint density at radius 1 is 1.31 bits per heavy atom. The summed E-state index contributed by atoms with van der Waals surface area (Å²) < 4.78 is 20.8. The van der Waals surface area contributed by atoms with Crippen molar-refractivity contribution >= 4 is 5.91 Å². The first-order valence-corrected chi connectivity index (χ1v) is 9.95. The number of hydrogen-bond acceptors (Lipinski definition) is 5. The zero-order valence-electron chi connectivity index (χ0n) is 16.9. The standard InChI is InChI=1S/C21H24FN5O2/c1-4-13(5-2)21(28)27-10-9-17-16(12-27)18(24-26(17)3)20-23-19(25-29-20)14-7-6-8-15(22)11-14/h6-8,11,13H,4-5,9-10,12H2,1-3H3. The molecule has 0 saturated carbocycles. The van der Waals surface area contributed by atoms with Crippen LogP contribution in [0.25, 0.3) is 23.0 Å². The van der Waals surface area contributed by atoms with Crippen molar-refractivity contribution in [2.45, 2.75) is 39.7 Å². The predicted molar refractivity (Wildman–Crippen MR) is 105 cm³/mol. The van der Waals surface area contributed by atoms with Crippen LogP contribution in [0.3, 0.4) is 0 Å². The molecule has 3 heterocycles. The maximum atomic E-state index is 13.5. The third-order valence-electron chi connectivity index (χ3n) is 5.60. The number of carbonyl (C=O) groups is 1. The van der Waals surface area contributed by atoms with Gasteiger partial charge in [0.25, 0.3) is 5.89 Å². The summed E-state index contributed by atoms with van der Waals surface area (Å²) in [6.07, 6.45) is 2.40. The van der Waals surface area contributed by atoms with E-state index in [0.717, 1.165) is 30.5 Å². The molecular formula is C21H24FN5O2. The number of amides is 1. The molecular weight excluding hydrogens is 373 g/mol. The molecule has 0 bridgehead atoms. The lowest BCUT2D eigenvalue weighted by molar-refractivity contribution is -0.136. The molecule has 1 aromatic carbocycles. The van der Waals surface area contributed by atoms with Crippen molar-refractivity contribution in [3.8, 4) is 23.0 Å². The Labute approximate surface area is 168 Å². The lowest BCUT2D eigenvalue weighted by Crippen LogP contribution is -2.39. The largest absolute Gasteiger partial charge is 0.338 e. The van der Waals surface area contributed by atoms with E-state index in [1.165, 1.54) is 12.1 Å². The topological polar surface area (TPSA) is 77.1 Å². The number of nitrogens with zero attached hydrogens (tertiary/aromatic N) is 5. The number of fused-ring (bicyclic) bond motifs is 1. The molecule has 2 aromatic heterocycles. The third-order valence-corrected chi connectivity index (χ3v) is 5.60. The highest BCUT2D eigenvalue weighted by atomic mass is 19.1. The molecule has 0 fully saturated rings. The molecule has 1 amide bonds. The fourth-order valence-corrected chi connectivity index (χ4v) is 3.91. The number of halogens is 1. The molecule has 0 unspecified atom stereocenters. The summed E-state index contributed by atoms with van der Waals surface area (Å²) in [5, 5.41) is 8.56. The van der Waals surface area contributed by atoms with Gasteiger partial charge in [-0.2, -0.15) is 10.1 Å². The molecule has 0 radical (unpaired) electrons. The summed E-state index contributed by atoms with van der Waals surface area (Å²) in [7, 11) is 1.88. The van der Waals surface area contributed by atoms with Crippen LogP contribution >= 0.6 is 0 Å². The number of benzene rings is 1. The fourth-order valence-electron chi connectivity index (χ4n) is 3.91. The zero-order chi connectivity index (χ0) is 20.5. The van der Waals surface area contributed by atoms with Crippen LogP contribution in [-0.2, 0) is 24.8 Å². The van der Waals surface area contributed by atoms with Crippen LogP contribution in [0.2, 0.25) is 0 Å². The minimum absolute atomic E-state index is 0.0413. The van der Waals surface area contributed by atoms with Crippen molar-refractivity contribution in [1.82, 2.24) is 24.8 Å². The highest BCUT2D eigenvalue weighted by Gasteiger charge is 2.31. The summed E-state index contributed by atoms with van der Waals surface area (Å²) in [4.78, 5) is 19.2. The van der Waals surface area contributed by atoms with Gasteiger partial charge in [-0.25, -0.2) is 4.39 Å². The number of rotatable bonds is 5. The molecule has 152 valence electrons. The van der Waals surface area contributed by atoms with Crippen molar-refractivity contribution in [1.29, 1.82) is 0 Å².